The Morgan fingerprint density at radius 3 is 2.84 bits per heavy atom. The predicted molar refractivity (Wildman–Crippen MR) is 71.5 cm³/mol. The van der Waals surface area contributed by atoms with Gasteiger partial charge in [0.1, 0.15) is 11.5 Å². The van der Waals surface area contributed by atoms with E-state index < -0.39 is 0 Å². The van der Waals surface area contributed by atoms with Gasteiger partial charge in [-0.3, -0.25) is 4.79 Å². The number of carbonyl (C=O) groups excluding carboxylic acids is 1. The number of hydrogen-bond acceptors (Lipinski definition) is 4. The molecule has 0 fully saturated rings. The summed E-state index contributed by atoms with van der Waals surface area (Å²) in [7, 11) is 1.58. The Morgan fingerprint density at radius 1 is 1.37 bits per heavy atom. The summed E-state index contributed by atoms with van der Waals surface area (Å²) in [6, 6.07) is 9.00. The molecule has 0 aliphatic rings. The predicted octanol–water partition coefficient (Wildman–Crippen LogP) is 2.36. The highest BCUT2D eigenvalue weighted by atomic mass is 16.5. The Hall–Kier alpha value is -2.56. The number of methoxy groups -OCH3 is 1. The summed E-state index contributed by atoms with van der Waals surface area (Å²) in [5, 5.41) is 3.90. The molecule has 1 amide bonds. The molecular weight excluding hydrogens is 244 g/mol. The van der Waals surface area contributed by atoms with Crippen LogP contribution in [0.25, 0.3) is 0 Å². The van der Waals surface area contributed by atoms with Crippen molar-refractivity contribution >= 4 is 12.1 Å². The minimum absolute atomic E-state index is 0.308. The number of benzene rings is 1. The van der Waals surface area contributed by atoms with Crippen LogP contribution >= 0.6 is 0 Å². The zero-order valence-corrected chi connectivity index (χ0v) is 10.7. The highest BCUT2D eigenvalue weighted by molar-refractivity contribution is 5.95. The standard InChI is InChI=1S/C14H14N2O3/c1-10-12(7-8-19-10)14(17)16-15-9-11-5-3-4-6-13(11)18-2/h3-9H,1-2H3,(H,16,17)/b15-9+. The van der Waals surface area contributed by atoms with Gasteiger partial charge in [0.05, 0.1) is 25.2 Å². The third kappa shape index (κ3) is 3.01. The Kier molecular flexibility index (Phi) is 3.97. The maximum Gasteiger partial charge on any atom is 0.274 e. The van der Waals surface area contributed by atoms with Gasteiger partial charge in [-0.1, -0.05) is 12.1 Å². The quantitative estimate of drug-likeness (QED) is 0.676. The van der Waals surface area contributed by atoms with Gasteiger partial charge in [0.15, 0.2) is 0 Å². The Labute approximate surface area is 110 Å². The molecule has 1 aromatic heterocycles. The molecule has 0 unspecified atom stereocenters. The number of para-hydroxylation sites is 1. The molecule has 0 saturated carbocycles. The van der Waals surface area contributed by atoms with Crippen LogP contribution in [-0.4, -0.2) is 19.2 Å². The molecule has 1 heterocycles. The van der Waals surface area contributed by atoms with Crippen LogP contribution in [0.5, 0.6) is 5.75 Å². The van der Waals surface area contributed by atoms with Crippen molar-refractivity contribution in [3.8, 4) is 5.75 Å². The number of hydrazone groups is 1. The van der Waals surface area contributed by atoms with E-state index in [2.05, 4.69) is 10.5 Å². The van der Waals surface area contributed by atoms with Crippen molar-refractivity contribution in [3.63, 3.8) is 0 Å². The van der Waals surface area contributed by atoms with Crippen LogP contribution in [0.3, 0.4) is 0 Å². The molecule has 0 aliphatic carbocycles. The molecular formula is C14H14N2O3. The number of amides is 1. The molecule has 5 heteroatoms. The average Bonchev–Trinajstić information content (AvgIpc) is 2.85. The normalized spacial score (nSPS) is 10.6. The van der Waals surface area contributed by atoms with Gasteiger partial charge in [-0.05, 0) is 25.1 Å². The first-order valence-corrected chi connectivity index (χ1v) is 5.73. The lowest BCUT2D eigenvalue weighted by molar-refractivity contribution is 0.0953. The molecule has 2 rings (SSSR count). The number of nitrogens with one attached hydrogen (secondary N) is 1. The molecule has 1 aromatic carbocycles. The first-order valence-electron chi connectivity index (χ1n) is 5.73. The lowest BCUT2D eigenvalue weighted by atomic mass is 10.2. The minimum atomic E-state index is -0.308. The van der Waals surface area contributed by atoms with Crippen molar-refractivity contribution in [2.45, 2.75) is 6.92 Å². The van der Waals surface area contributed by atoms with Crippen molar-refractivity contribution in [2.75, 3.05) is 7.11 Å². The van der Waals surface area contributed by atoms with Crippen molar-refractivity contribution < 1.29 is 13.9 Å². The second-order valence-electron chi connectivity index (χ2n) is 3.83. The lowest BCUT2D eigenvalue weighted by Gasteiger charge is -2.03. The molecule has 19 heavy (non-hydrogen) atoms. The average molecular weight is 258 g/mol. The summed E-state index contributed by atoms with van der Waals surface area (Å²) in [5.74, 6) is 0.947. The molecule has 0 saturated heterocycles. The zero-order valence-electron chi connectivity index (χ0n) is 10.7. The van der Waals surface area contributed by atoms with Gasteiger partial charge in [-0.2, -0.15) is 5.10 Å². The van der Waals surface area contributed by atoms with E-state index >= 15 is 0 Å². The Bertz CT molecular complexity index is 602. The SMILES string of the molecule is COc1ccccc1/C=N/NC(=O)c1ccoc1C. The zero-order chi connectivity index (χ0) is 13.7. The smallest absolute Gasteiger partial charge is 0.274 e. The number of aryl methyl sites for hydroxylation is 1. The van der Waals surface area contributed by atoms with Crippen molar-refractivity contribution in [3.05, 3.63) is 53.5 Å². The van der Waals surface area contributed by atoms with Crippen LogP contribution in [-0.2, 0) is 0 Å². The fourth-order valence-electron chi connectivity index (χ4n) is 1.61. The third-order valence-electron chi connectivity index (χ3n) is 2.61. The Balaban J connectivity index is 2.04. The second-order valence-corrected chi connectivity index (χ2v) is 3.83. The van der Waals surface area contributed by atoms with E-state index in [0.717, 1.165) is 5.56 Å². The molecule has 0 aliphatic heterocycles. The van der Waals surface area contributed by atoms with Gasteiger partial charge >= 0.3 is 0 Å². The first kappa shape index (κ1) is 12.9. The number of furan rings is 1. The van der Waals surface area contributed by atoms with E-state index in [-0.39, 0.29) is 5.91 Å². The van der Waals surface area contributed by atoms with Gasteiger partial charge in [-0.15, -0.1) is 0 Å². The van der Waals surface area contributed by atoms with Crippen LogP contribution in [0, 0.1) is 6.92 Å². The lowest BCUT2D eigenvalue weighted by Crippen LogP contribution is -2.17. The second kappa shape index (κ2) is 5.86. The van der Waals surface area contributed by atoms with E-state index in [1.54, 1.807) is 20.1 Å². The van der Waals surface area contributed by atoms with Gasteiger partial charge in [0, 0.05) is 5.56 Å². The van der Waals surface area contributed by atoms with Crippen molar-refractivity contribution in [2.24, 2.45) is 5.10 Å². The van der Waals surface area contributed by atoms with Crippen molar-refractivity contribution in [1.29, 1.82) is 0 Å². The topological polar surface area (TPSA) is 63.8 Å². The summed E-state index contributed by atoms with van der Waals surface area (Å²) in [6.07, 6.45) is 3.00. The number of nitrogens with zero attached hydrogens (tertiary/aromatic N) is 1. The highest BCUT2D eigenvalue weighted by Gasteiger charge is 2.09. The van der Waals surface area contributed by atoms with E-state index in [4.69, 9.17) is 9.15 Å². The fraction of sp³-hybridized carbons (Fsp3) is 0.143. The number of hydrogen-bond donors (Lipinski definition) is 1. The van der Waals surface area contributed by atoms with Gasteiger partial charge in [0.2, 0.25) is 0 Å². The maximum atomic E-state index is 11.8. The summed E-state index contributed by atoms with van der Waals surface area (Å²) in [6.45, 7) is 1.72. The van der Waals surface area contributed by atoms with E-state index in [0.29, 0.717) is 17.1 Å². The van der Waals surface area contributed by atoms with Crippen LogP contribution in [0.4, 0.5) is 0 Å². The summed E-state index contributed by atoms with van der Waals surface area (Å²) in [4.78, 5) is 11.8. The van der Waals surface area contributed by atoms with Gasteiger partial charge in [-0.25, -0.2) is 5.43 Å². The molecule has 0 bridgehead atoms. The third-order valence-corrected chi connectivity index (χ3v) is 2.61. The molecule has 5 nitrogen and oxygen atoms in total. The Morgan fingerprint density at radius 2 is 2.16 bits per heavy atom. The van der Waals surface area contributed by atoms with Crippen molar-refractivity contribution in [1.82, 2.24) is 5.43 Å². The molecule has 0 spiro atoms. The van der Waals surface area contributed by atoms with Crippen LogP contribution < -0.4 is 10.2 Å². The highest BCUT2D eigenvalue weighted by Crippen LogP contribution is 2.14. The summed E-state index contributed by atoms with van der Waals surface area (Å²) < 4.78 is 10.2. The fourth-order valence-corrected chi connectivity index (χ4v) is 1.61. The number of rotatable bonds is 4. The molecule has 2 aromatic rings. The van der Waals surface area contributed by atoms with E-state index in [9.17, 15) is 4.79 Å². The van der Waals surface area contributed by atoms with E-state index in [1.165, 1.54) is 12.5 Å². The number of ether oxygens (including phenoxy) is 1. The van der Waals surface area contributed by atoms with Gasteiger partial charge < -0.3 is 9.15 Å². The van der Waals surface area contributed by atoms with Crippen LogP contribution in [0.15, 0.2) is 46.1 Å². The molecule has 0 radical (unpaired) electrons. The first-order chi connectivity index (χ1) is 9.22. The maximum absolute atomic E-state index is 11.8. The minimum Gasteiger partial charge on any atom is -0.496 e. The molecule has 98 valence electrons. The number of carbonyl (C=O) groups is 1. The largest absolute Gasteiger partial charge is 0.496 e. The summed E-state index contributed by atoms with van der Waals surface area (Å²) >= 11 is 0. The summed E-state index contributed by atoms with van der Waals surface area (Å²) in [5.41, 5.74) is 3.70. The van der Waals surface area contributed by atoms with Crippen LogP contribution in [0.1, 0.15) is 21.7 Å². The van der Waals surface area contributed by atoms with Gasteiger partial charge in [0.25, 0.3) is 5.91 Å². The molecule has 0 atom stereocenters. The molecule has 1 N–H and O–H groups in total. The van der Waals surface area contributed by atoms with E-state index in [1.807, 2.05) is 24.3 Å². The van der Waals surface area contributed by atoms with Crippen LogP contribution in [0.2, 0.25) is 0 Å². The monoisotopic (exact) mass is 258 g/mol.